The molecule has 148 valence electrons. The fraction of sp³-hybridized carbons (Fsp3) is 0.353. The standard InChI is InChI=1S/C17H19FN6O3S/c1-9-6-13(23-27-9)20-14(25)8-28-17-21-15-12(16(26)22-17)7-19-24(15)11-4-2-10(18)3-5-11/h2-6,12,15,17,19,21H,7-8H2,1H3,(H,22,26)(H,20,23,25). The van der Waals surface area contributed by atoms with Gasteiger partial charge in [0, 0.05) is 12.6 Å². The number of nitrogens with one attached hydrogen (secondary N) is 4. The van der Waals surface area contributed by atoms with Gasteiger partial charge in [0.15, 0.2) is 5.82 Å². The van der Waals surface area contributed by atoms with Crippen LogP contribution in [-0.4, -0.2) is 40.9 Å². The minimum atomic E-state index is -0.443. The topological polar surface area (TPSA) is 112 Å². The quantitative estimate of drug-likeness (QED) is 0.576. The molecule has 0 bridgehead atoms. The van der Waals surface area contributed by atoms with Crippen molar-refractivity contribution in [2.45, 2.75) is 18.6 Å². The lowest BCUT2D eigenvalue weighted by molar-refractivity contribution is -0.127. The summed E-state index contributed by atoms with van der Waals surface area (Å²) in [5.41, 5.74) is 3.47. The summed E-state index contributed by atoms with van der Waals surface area (Å²) < 4.78 is 18.1. The molecule has 3 unspecified atom stereocenters. The molecule has 1 aromatic carbocycles. The van der Waals surface area contributed by atoms with E-state index in [1.807, 2.05) is 5.01 Å². The van der Waals surface area contributed by atoms with Crippen molar-refractivity contribution in [3.63, 3.8) is 0 Å². The van der Waals surface area contributed by atoms with Crippen LogP contribution in [0.5, 0.6) is 0 Å². The van der Waals surface area contributed by atoms with Crippen LogP contribution in [-0.2, 0) is 9.59 Å². The molecule has 2 aliphatic rings. The van der Waals surface area contributed by atoms with Crippen molar-refractivity contribution < 1.29 is 18.5 Å². The molecule has 0 saturated carbocycles. The average Bonchev–Trinajstić information content (AvgIpc) is 3.27. The third-order valence-electron chi connectivity index (χ3n) is 4.45. The fourth-order valence-corrected chi connectivity index (χ4v) is 3.98. The van der Waals surface area contributed by atoms with E-state index in [0.29, 0.717) is 18.1 Å². The molecule has 3 heterocycles. The molecule has 2 aromatic rings. The van der Waals surface area contributed by atoms with Crippen molar-refractivity contribution in [1.29, 1.82) is 0 Å². The molecule has 2 amide bonds. The molecule has 2 saturated heterocycles. The van der Waals surface area contributed by atoms with E-state index in [-0.39, 0.29) is 35.5 Å². The molecular weight excluding hydrogens is 387 g/mol. The second kappa shape index (κ2) is 7.78. The summed E-state index contributed by atoms with van der Waals surface area (Å²) in [6.45, 7) is 2.20. The van der Waals surface area contributed by atoms with E-state index in [1.165, 1.54) is 23.9 Å². The van der Waals surface area contributed by atoms with Gasteiger partial charge in [-0.3, -0.25) is 19.9 Å². The largest absolute Gasteiger partial charge is 0.360 e. The van der Waals surface area contributed by atoms with Crippen LogP contribution in [0.1, 0.15) is 5.76 Å². The summed E-state index contributed by atoms with van der Waals surface area (Å²) in [6, 6.07) is 7.66. The van der Waals surface area contributed by atoms with Crippen LogP contribution < -0.4 is 26.4 Å². The summed E-state index contributed by atoms with van der Waals surface area (Å²) in [7, 11) is 0. The highest BCUT2D eigenvalue weighted by Gasteiger charge is 2.44. The van der Waals surface area contributed by atoms with Gasteiger partial charge >= 0.3 is 0 Å². The first-order valence-electron chi connectivity index (χ1n) is 8.69. The Kier molecular flexibility index (Phi) is 5.20. The van der Waals surface area contributed by atoms with E-state index in [4.69, 9.17) is 4.52 Å². The number of hydrazine groups is 1. The van der Waals surface area contributed by atoms with Gasteiger partial charge in [0.05, 0.1) is 17.4 Å². The monoisotopic (exact) mass is 406 g/mol. The summed E-state index contributed by atoms with van der Waals surface area (Å²) >= 11 is 1.26. The van der Waals surface area contributed by atoms with Gasteiger partial charge in [0.25, 0.3) is 0 Å². The summed E-state index contributed by atoms with van der Waals surface area (Å²) in [4.78, 5) is 24.5. The molecule has 1 aromatic heterocycles. The predicted octanol–water partition coefficient (Wildman–Crippen LogP) is 0.764. The summed E-state index contributed by atoms with van der Waals surface area (Å²) in [6.07, 6.45) is -0.307. The number of thioether (sulfide) groups is 1. The highest BCUT2D eigenvalue weighted by Crippen LogP contribution is 2.27. The van der Waals surface area contributed by atoms with Crippen molar-refractivity contribution in [3.8, 4) is 0 Å². The SMILES string of the molecule is Cc1cc(NC(=O)CSC2NC(=O)C3CNN(c4ccc(F)cc4)C3N2)no1. The van der Waals surface area contributed by atoms with Crippen LogP contribution in [0.4, 0.5) is 15.9 Å². The predicted molar refractivity (Wildman–Crippen MR) is 102 cm³/mol. The molecule has 4 N–H and O–H groups in total. The third kappa shape index (κ3) is 3.96. The number of rotatable bonds is 5. The zero-order chi connectivity index (χ0) is 19.7. The molecular formula is C17H19FN6O3S. The Balaban J connectivity index is 1.36. The van der Waals surface area contributed by atoms with Crippen LogP contribution in [0.15, 0.2) is 34.9 Å². The Morgan fingerprint density at radius 3 is 2.93 bits per heavy atom. The van der Waals surface area contributed by atoms with Gasteiger partial charge in [-0.1, -0.05) is 5.16 Å². The van der Waals surface area contributed by atoms with Crippen molar-refractivity contribution in [1.82, 2.24) is 21.2 Å². The van der Waals surface area contributed by atoms with Crippen molar-refractivity contribution in [2.75, 3.05) is 22.6 Å². The number of aryl methyl sites for hydroxylation is 1. The molecule has 2 fully saturated rings. The van der Waals surface area contributed by atoms with Gasteiger partial charge in [-0.15, -0.1) is 11.8 Å². The lowest BCUT2D eigenvalue weighted by atomic mass is 10.1. The van der Waals surface area contributed by atoms with Crippen LogP contribution in [0.2, 0.25) is 0 Å². The van der Waals surface area contributed by atoms with Gasteiger partial charge in [-0.25, -0.2) is 9.82 Å². The number of carbonyl (C=O) groups is 2. The van der Waals surface area contributed by atoms with Gasteiger partial charge in [0.2, 0.25) is 11.8 Å². The van der Waals surface area contributed by atoms with E-state index in [2.05, 4.69) is 26.5 Å². The Morgan fingerprint density at radius 1 is 1.43 bits per heavy atom. The minimum absolute atomic E-state index is 0.106. The number of fused-ring (bicyclic) bond motifs is 1. The maximum Gasteiger partial charge on any atom is 0.235 e. The lowest BCUT2D eigenvalue weighted by Gasteiger charge is -2.37. The Hall–Kier alpha value is -2.63. The summed E-state index contributed by atoms with van der Waals surface area (Å²) in [5, 5.41) is 14.3. The highest BCUT2D eigenvalue weighted by molar-refractivity contribution is 8.00. The van der Waals surface area contributed by atoms with Crippen molar-refractivity contribution in [3.05, 3.63) is 41.9 Å². The average molecular weight is 406 g/mol. The Labute approximate surface area is 164 Å². The van der Waals surface area contributed by atoms with E-state index in [9.17, 15) is 14.0 Å². The molecule has 9 nitrogen and oxygen atoms in total. The Morgan fingerprint density at radius 2 is 2.21 bits per heavy atom. The number of benzene rings is 1. The smallest absolute Gasteiger partial charge is 0.235 e. The summed E-state index contributed by atoms with van der Waals surface area (Å²) in [5.74, 6) is 0.0911. The van der Waals surface area contributed by atoms with Gasteiger partial charge < -0.3 is 15.2 Å². The molecule has 4 rings (SSSR count). The van der Waals surface area contributed by atoms with Gasteiger partial charge in [-0.2, -0.15) is 0 Å². The van der Waals surface area contributed by atoms with E-state index >= 15 is 0 Å². The van der Waals surface area contributed by atoms with E-state index in [1.54, 1.807) is 25.1 Å². The van der Waals surface area contributed by atoms with Crippen LogP contribution in [0.25, 0.3) is 0 Å². The molecule has 0 spiro atoms. The number of anilines is 2. The molecule has 2 aliphatic heterocycles. The van der Waals surface area contributed by atoms with Gasteiger partial charge in [-0.05, 0) is 31.2 Å². The lowest BCUT2D eigenvalue weighted by Crippen LogP contribution is -2.63. The number of nitrogens with zero attached hydrogens (tertiary/aromatic N) is 2. The van der Waals surface area contributed by atoms with Crippen molar-refractivity contribution in [2.24, 2.45) is 5.92 Å². The minimum Gasteiger partial charge on any atom is -0.360 e. The molecule has 11 heteroatoms. The van der Waals surface area contributed by atoms with Crippen molar-refractivity contribution >= 4 is 35.1 Å². The Bertz CT molecular complexity index is 876. The number of hydrogen-bond donors (Lipinski definition) is 4. The van der Waals surface area contributed by atoms with Crippen LogP contribution in [0.3, 0.4) is 0 Å². The number of halogens is 1. The highest BCUT2D eigenvalue weighted by atomic mass is 32.2. The number of aromatic nitrogens is 1. The fourth-order valence-electron chi connectivity index (χ4n) is 3.15. The number of amides is 2. The second-order valence-electron chi connectivity index (χ2n) is 6.50. The van der Waals surface area contributed by atoms with Crippen LogP contribution in [0, 0.1) is 18.7 Å². The van der Waals surface area contributed by atoms with Crippen LogP contribution >= 0.6 is 11.8 Å². The maximum absolute atomic E-state index is 13.2. The zero-order valence-electron chi connectivity index (χ0n) is 14.9. The first kappa shape index (κ1) is 18.7. The second-order valence-corrected chi connectivity index (χ2v) is 7.59. The zero-order valence-corrected chi connectivity index (χ0v) is 15.8. The maximum atomic E-state index is 13.2. The molecule has 0 aliphatic carbocycles. The molecule has 0 radical (unpaired) electrons. The third-order valence-corrected chi connectivity index (χ3v) is 5.47. The normalized spacial score (nSPS) is 24.0. The van der Waals surface area contributed by atoms with Gasteiger partial charge in [0.1, 0.15) is 23.2 Å². The number of hydrogen-bond acceptors (Lipinski definition) is 8. The first-order valence-corrected chi connectivity index (χ1v) is 9.74. The van der Waals surface area contributed by atoms with E-state index < -0.39 is 5.50 Å². The van der Waals surface area contributed by atoms with E-state index in [0.717, 1.165) is 5.69 Å². The molecule has 3 atom stereocenters. The first-order chi connectivity index (χ1) is 13.5. The number of carbonyl (C=O) groups excluding carboxylic acids is 2. The molecule has 28 heavy (non-hydrogen) atoms.